The van der Waals surface area contributed by atoms with E-state index in [1.165, 1.54) is 13.3 Å². The molecule has 0 spiro atoms. The van der Waals surface area contributed by atoms with E-state index in [9.17, 15) is 8.78 Å². The first-order chi connectivity index (χ1) is 7.07. The predicted octanol–water partition coefficient (Wildman–Crippen LogP) is 1.33. The van der Waals surface area contributed by atoms with Crippen LogP contribution < -0.4 is 10.5 Å². The van der Waals surface area contributed by atoms with Crippen molar-refractivity contribution in [1.82, 2.24) is 4.98 Å². The van der Waals surface area contributed by atoms with Gasteiger partial charge in [0, 0.05) is 19.2 Å². The van der Waals surface area contributed by atoms with Gasteiger partial charge in [-0.25, -0.2) is 8.78 Å². The molecule has 0 bridgehead atoms. The Kier molecular flexibility index (Phi) is 2.15. The molecule has 2 rings (SSSR count). The second-order valence-corrected chi connectivity index (χ2v) is 3.72. The van der Waals surface area contributed by atoms with Crippen LogP contribution in [0.15, 0.2) is 18.3 Å². The number of pyridine rings is 1. The lowest BCUT2D eigenvalue weighted by atomic mass is 10.0. The highest BCUT2D eigenvalue weighted by atomic mass is 19.3. The number of ether oxygens (including phenoxy) is 1. The Labute approximate surface area is 86.3 Å². The fraction of sp³-hybridized carbons (Fsp3) is 0.500. The van der Waals surface area contributed by atoms with E-state index in [0.29, 0.717) is 5.75 Å². The van der Waals surface area contributed by atoms with Crippen LogP contribution in [0.3, 0.4) is 0 Å². The van der Waals surface area contributed by atoms with Gasteiger partial charge in [0.1, 0.15) is 5.75 Å². The van der Waals surface area contributed by atoms with Gasteiger partial charge >= 0.3 is 0 Å². The monoisotopic (exact) mass is 214 g/mol. The maximum absolute atomic E-state index is 13.3. The van der Waals surface area contributed by atoms with Gasteiger partial charge in [-0.05, 0) is 12.1 Å². The summed E-state index contributed by atoms with van der Waals surface area (Å²) in [5, 5.41) is 0. The van der Waals surface area contributed by atoms with Crippen molar-refractivity contribution >= 4 is 0 Å². The summed E-state index contributed by atoms with van der Waals surface area (Å²) in [5.41, 5.74) is 4.37. The number of alkyl halides is 2. The lowest BCUT2D eigenvalue weighted by Gasteiger charge is -2.16. The Hall–Kier alpha value is -1.23. The van der Waals surface area contributed by atoms with E-state index in [-0.39, 0.29) is 18.7 Å². The van der Waals surface area contributed by atoms with Gasteiger partial charge in [-0.15, -0.1) is 0 Å². The molecule has 1 aliphatic rings. The van der Waals surface area contributed by atoms with Crippen molar-refractivity contribution < 1.29 is 13.5 Å². The third-order valence-corrected chi connectivity index (χ3v) is 2.89. The third-order valence-electron chi connectivity index (χ3n) is 2.89. The molecule has 1 saturated carbocycles. The Morgan fingerprint density at radius 3 is 2.73 bits per heavy atom. The summed E-state index contributed by atoms with van der Waals surface area (Å²) in [6.07, 6.45) is 1.23. The van der Waals surface area contributed by atoms with Gasteiger partial charge in [0.15, 0.2) is 0 Å². The molecule has 0 amide bonds. The summed E-state index contributed by atoms with van der Waals surface area (Å²) >= 11 is 0. The zero-order valence-corrected chi connectivity index (χ0v) is 8.34. The van der Waals surface area contributed by atoms with Crippen molar-refractivity contribution in [2.45, 2.75) is 17.8 Å². The topological polar surface area (TPSA) is 48.1 Å². The van der Waals surface area contributed by atoms with E-state index >= 15 is 0 Å². The van der Waals surface area contributed by atoms with Crippen molar-refractivity contribution in [1.29, 1.82) is 0 Å². The zero-order chi connectivity index (χ0) is 11.1. The molecule has 0 aliphatic heterocycles. The number of rotatable bonds is 3. The van der Waals surface area contributed by atoms with Gasteiger partial charge in [-0.2, -0.15) is 0 Å². The minimum atomic E-state index is -2.76. The lowest BCUT2D eigenvalue weighted by molar-refractivity contribution is 0.0878. The molecule has 1 heterocycles. The average Bonchev–Trinajstić information content (AvgIpc) is 2.82. The van der Waals surface area contributed by atoms with E-state index in [0.717, 1.165) is 0 Å². The fourth-order valence-corrected chi connectivity index (χ4v) is 1.82. The number of hydrogen-bond acceptors (Lipinski definition) is 3. The van der Waals surface area contributed by atoms with Crippen molar-refractivity contribution in [2.75, 3.05) is 13.7 Å². The standard InChI is InChI=1S/C10H12F2N2O/c1-15-7-3-2-4-14-8(7)9(6-13)5-10(9,11)12/h2-4H,5-6,13H2,1H3. The number of hydrogen-bond donors (Lipinski definition) is 1. The Morgan fingerprint density at radius 2 is 2.27 bits per heavy atom. The average molecular weight is 214 g/mol. The fourth-order valence-electron chi connectivity index (χ4n) is 1.82. The van der Waals surface area contributed by atoms with Crippen LogP contribution in [-0.4, -0.2) is 24.6 Å². The van der Waals surface area contributed by atoms with Crippen LogP contribution in [0.25, 0.3) is 0 Å². The second kappa shape index (κ2) is 3.13. The van der Waals surface area contributed by atoms with Crippen LogP contribution in [0.5, 0.6) is 5.75 Å². The van der Waals surface area contributed by atoms with Gasteiger partial charge in [-0.1, -0.05) is 0 Å². The maximum Gasteiger partial charge on any atom is 0.261 e. The van der Waals surface area contributed by atoms with Crippen LogP contribution in [0.2, 0.25) is 0 Å². The van der Waals surface area contributed by atoms with E-state index < -0.39 is 11.3 Å². The normalized spacial score (nSPS) is 27.5. The predicted molar refractivity (Wildman–Crippen MR) is 51.1 cm³/mol. The van der Waals surface area contributed by atoms with Crippen LogP contribution >= 0.6 is 0 Å². The van der Waals surface area contributed by atoms with Gasteiger partial charge < -0.3 is 10.5 Å². The first kappa shape index (κ1) is 10.3. The first-order valence-corrected chi connectivity index (χ1v) is 4.65. The number of nitrogens with zero attached hydrogens (tertiary/aromatic N) is 1. The molecule has 0 radical (unpaired) electrons. The highest BCUT2D eigenvalue weighted by Crippen LogP contribution is 2.61. The summed E-state index contributed by atoms with van der Waals surface area (Å²) in [6.45, 7) is -0.118. The molecule has 3 nitrogen and oxygen atoms in total. The molecule has 2 N–H and O–H groups in total. The van der Waals surface area contributed by atoms with Crippen molar-refractivity contribution in [3.05, 3.63) is 24.0 Å². The molecule has 1 aromatic rings. The smallest absolute Gasteiger partial charge is 0.261 e. The largest absolute Gasteiger partial charge is 0.495 e. The third kappa shape index (κ3) is 1.30. The SMILES string of the molecule is COc1cccnc1C1(CN)CC1(F)F. The molecule has 15 heavy (non-hydrogen) atoms. The molecule has 0 aromatic carbocycles. The minimum Gasteiger partial charge on any atom is -0.495 e. The van der Waals surface area contributed by atoms with Gasteiger partial charge in [0.05, 0.1) is 18.2 Å². The van der Waals surface area contributed by atoms with Gasteiger partial charge in [-0.3, -0.25) is 4.98 Å². The van der Waals surface area contributed by atoms with Gasteiger partial charge in [0.2, 0.25) is 0 Å². The number of methoxy groups -OCH3 is 1. The Balaban J connectivity index is 2.46. The molecular formula is C10H12F2N2O. The summed E-state index contributed by atoms with van der Waals surface area (Å²) in [4.78, 5) is 3.97. The number of aromatic nitrogens is 1. The number of halogens is 2. The molecule has 1 fully saturated rings. The number of nitrogens with two attached hydrogens (primary N) is 1. The van der Waals surface area contributed by atoms with Crippen LogP contribution in [-0.2, 0) is 5.41 Å². The van der Waals surface area contributed by atoms with Crippen LogP contribution in [0.1, 0.15) is 12.1 Å². The minimum absolute atomic E-state index is 0.118. The van der Waals surface area contributed by atoms with Gasteiger partial charge in [0.25, 0.3) is 5.92 Å². The lowest BCUT2D eigenvalue weighted by Crippen LogP contribution is -2.28. The van der Waals surface area contributed by atoms with E-state index in [1.807, 2.05) is 0 Å². The summed E-state index contributed by atoms with van der Waals surface area (Å²) in [7, 11) is 1.44. The molecule has 82 valence electrons. The van der Waals surface area contributed by atoms with E-state index in [4.69, 9.17) is 10.5 Å². The molecule has 1 unspecified atom stereocenters. The Bertz CT molecular complexity index is 383. The molecule has 1 atom stereocenters. The molecule has 0 saturated heterocycles. The molecule has 5 heteroatoms. The summed E-state index contributed by atoms with van der Waals surface area (Å²) in [6, 6.07) is 3.27. The molecular weight excluding hydrogens is 202 g/mol. The molecule has 1 aromatic heterocycles. The van der Waals surface area contributed by atoms with Crippen LogP contribution in [0, 0.1) is 0 Å². The highest BCUT2D eigenvalue weighted by Gasteiger charge is 2.73. The summed E-state index contributed by atoms with van der Waals surface area (Å²) in [5.74, 6) is -2.39. The van der Waals surface area contributed by atoms with Crippen LogP contribution in [0.4, 0.5) is 8.78 Å². The van der Waals surface area contributed by atoms with Crippen molar-refractivity contribution in [3.63, 3.8) is 0 Å². The first-order valence-electron chi connectivity index (χ1n) is 4.65. The highest BCUT2D eigenvalue weighted by molar-refractivity contribution is 5.42. The second-order valence-electron chi connectivity index (χ2n) is 3.72. The Morgan fingerprint density at radius 1 is 1.60 bits per heavy atom. The zero-order valence-electron chi connectivity index (χ0n) is 8.34. The molecule has 1 aliphatic carbocycles. The summed E-state index contributed by atoms with van der Waals surface area (Å²) < 4.78 is 31.6. The van der Waals surface area contributed by atoms with Crippen molar-refractivity contribution in [3.8, 4) is 5.75 Å². The van der Waals surface area contributed by atoms with E-state index in [2.05, 4.69) is 4.98 Å². The van der Waals surface area contributed by atoms with Crippen molar-refractivity contribution in [2.24, 2.45) is 5.73 Å². The quantitative estimate of drug-likeness (QED) is 0.825. The maximum atomic E-state index is 13.3. The van der Waals surface area contributed by atoms with E-state index in [1.54, 1.807) is 12.1 Å².